The number of pyridine rings is 1. The topological polar surface area (TPSA) is 72.7 Å². The number of nitrogens with zero attached hydrogens (tertiary/aromatic N) is 4. The minimum absolute atomic E-state index is 0.117. The molecule has 2 aromatic heterocycles. The van der Waals surface area contributed by atoms with Gasteiger partial charge in [0.05, 0.1) is 17.1 Å². The van der Waals surface area contributed by atoms with Gasteiger partial charge in [0.25, 0.3) is 0 Å². The molecule has 4 rings (SSSR count). The van der Waals surface area contributed by atoms with Gasteiger partial charge in [-0.3, -0.25) is 14.3 Å². The first kappa shape index (κ1) is 20.3. The number of carbonyl (C=O) groups is 1. The zero-order chi connectivity index (χ0) is 20.9. The zero-order valence-corrected chi connectivity index (χ0v) is 18.5. The first-order valence-electron chi connectivity index (χ1n) is 9.22. The van der Waals surface area contributed by atoms with Crippen LogP contribution in [0.25, 0.3) is 17.1 Å². The summed E-state index contributed by atoms with van der Waals surface area (Å²) in [4.78, 5) is 16.7. The molecule has 0 atom stereocenters. The first-order chi connectivity index (χ1) is 14.6. The monoisotopic (exact) mass is 479 g/mol. The molecule has 8 heteroatoms. The SMILES string of the molecule is Cc1ccccc1-n1c(SCC(=O)Nc2ccccc2Br)nnc1-c1cccnc1. The van der Waals surface area contributed by atoms with Gasteiger partial charge in [-0.2, -0.15) is 0 Å². The Labute approximate surface area is 186 Å². The van der Waals surface area contributed by atoms with Crippen molar-refractivity contribution in [2.24, 2.45) is 0 Å². The second-order valence-corrected chi connectivity index (χ2v) is 8.28. The van der Waals surface area contributed by atoms with Crippen LogP contribution in [0.3, 0.4) is 0 Å². The fourth-order valence-corrected chi connectivity index (χ4v) is 4.08. The number of para-hydroxylation sites is 2. The number of amides is 1. The van der Waals surface area contributed by atoms with Crippen molar-refractivity contribution in [1.29, 1.82) is 0 Å². The molecule has 0 unspecified atom stereocenters. The van der Waals surface area contributed by atoms with Crippen molar-refractivity contribution in [2.45, 2.75) is 12.1 Å². The van der Waals surface area contributed by atoms with E-state index in [2.05, 4.69) is 36.4 Å². The Morgan fingerprint density at radius 2 is 1.87 bits per heavy atom. The van der Waals surface area contributed by atoms with Gasteiger partial charge < -0.3 is 5.32 Å². The summed E-state index contributed by atoms with van der Waals surface area (Å²) in [7, 11) is 0. The van der Waals surface area contributed by atoms with Crippen molar-refractivity contribution in [3.05, 3.63) is 83.1 Å². The highest BCUT2D eigenvalue weighted by atomic mass is 79.9. The van der Waals surface area contributed by atoms with Crippen LogP contribution < -0.4 is 5.32 Å². The molecule has 0 radical (unpaired) electrons. The average Bonchev–Trinajstić information content (AvgIpc) is 3.18. The number of anilines is 1. The highest BCUT2D eigenvalue weighted by Gasteiger charge is 2.18. The first-order valence-corrected chi connectivity index (χ1v) is 11.0. The average molecular weight is 480 g/mol. The molecular weight excluding hydrogens is 462 g/mol. The van der Waals surface area contributed by atoms with E-state index in [1.165, 1.54) is 11.8 Å². The molecule has 0 fully saturated rings. The fraction of sp³-hybridized carbons (Fsp3) is 0.0909. The summed E-state index contributed by atoms with van der Waals surface area (Å²) in [6.45, 7) is 2.04. The van der Waals surface area contributed by atoms with Gasteiger partial charge in [-0.05, 0) is 58.7 Å². The molecule has 1 amide bonds. The molecule has 0 aliphatic heterocycles. The van der Waals surface area contributed by atoms with Gasteiger partial charge in [-0.25, -0.2) is 0 Å². The van der Waals surface area contributed by atoms with Crippen LogP contribution in [0.4, 0.5) is 5.69 Å². The number of benzene rings is 2. The van der Waals surface area contributed by atoms with Gasteiger partial charge >= 0.3 is 0 Å². The van der Waals surface area contributed by atoms with E-state index >= 15 is 0 Å². The van der Waals surface area contributed by atoms with Gasteiger partial charge in [-0.1, -0.05) is 42.1 Å². The van der Waals surface area contributed by atoms with E-state index in [1.807, 2.05) is 72.2 Å². The molecule has 1 N–H and O–H groups in total. The van der Waals surface area contributed by atoms with E-state index in [9.17, 15) is 4.79 Å². The number of carbonyl (C=O) groups excluding carboxylic acids is 1. The Balaban J connectivity index is 1.62. The molecule has 2 heterocycles. The molecule has 6 nitrogen and oxygen atoms in total. The number of aryl methyl sites for hydroxylation is 1. The van der Waals surface area contributed by atoms with Crippen LogP contribution in [-0.4, -0.2) is 31.4 Å². The van der Waals surface area contributed by atoms with Gasteiger partial charge in [0.15, 0.2) is 11.0 Å². The van der Waals surface area contributed by atoms with E-state index in [-0.39, 0.29) is 11.7 Å². The van der Waals surface area contributed by atoms with Crippen LogP contribution in [0.15, 0.2) is 82.7 Å². The minimum Gasteiger partial charge on any atom is -0.324 e. The third-order valence-electron chi connectivity index (χ3n) is 4.39. The maximum Gasteiger partial charge on any atom is 0.234 e. The second-order valence-electron chi connectivity index (χ2n) is 6.49. The number of nitrogens with one attached hydrogen (secondary N) is 1. The van der Waals surface area contributed by atoms with Gasteiger partial charge in [0, 0.05) is 22.4 Å². The lowest BCUT2D eigenvalue weighted by atomic mass is 10.2. The molecule has 0 saturated heterocycles. The lowest BCUT2D eigenvalue weighted by molar-refractivity contribution is -0.113. The number of halogens is 1. The van der Waals surface area contributed by atoms with Gasteiger partial charge in [-0.15, -0.1) is 10.2 Å². The summed E-state index contributed by atoms with van der Waals surface area (Å²) in [5.74, 6) is 0.776. The summed E-state index contributed by atoms with van der Waals surface area (Å²) in [6.07, 6.45) is 3.48. The van der Waals surface area contributed by atoms with Crippen LogP contribution in [0, 0.1) is 6.92 Å². The number of rotatable bonds is 6. The summed E-state index contributed by atoms with van der Waals surface area (Å²) in [5.41, 5.74) is 3.65. The number of hydrogen-bond donors (Lipinski definition) is 1. The molecule has 2 aromatic carbocycles. The molecular formula is C22H18BrN5OS. The quantitative estimate of drug-likeness (QED) is 0.388. The van der Waals surface area contributed by atoms with Gasteiger partial charge in [0.1, 0.15) is 0 Å². The predicted octanol–water partition coefficient (Wildman–Crippen LogP) is 5.13. The second kappa shape index (κ2) is 9.23. The molecule has 0 saturated carbocycles. The highest BCUT2D eigenvalue weighted by Crippen LogP contribution is 2.29. The zero-order valence-electron chi connectivity index (χ0n) is 16.1. The Kier molecular flexibility index (Phi) is 6.25. The van der Waals surface area contributed by atoms with E-state index in [4.69, 9.17) is 0 Å². The maximum atomic E-state index is 12.5. The highest BCUT2D eigenvalue weighted by molar-refractivity contribution is 9.10. The van der Waals surface area contributed by atoms with Crippen LogP contribution in [0.2, 0.25) is 0 Å². The van der Waals surface area contributed by atoms with E-state index in [0.29, 0.717) is 11.0 Å². The van der Waals surface area contributed by atoms with E-state index < -0.39 is 0 Å². The molecule has 0 aliphatic carbocycles. The molecule has 150 valence electrons. The third kappa shape index (κ3) is 4.44. The predicted molar refractivity (Wildman–Crippen MR) is 123 cm³/mol. The minimum atomic E-state index is -0.117. The Bertz CT molecular complexity index is 1180. The van der Waals surface area contributed by atoms with E-state index in [0.717, 1.165) is 27.0 Å². The third-order valence-corrected chi connectivity index (χ3v) is 6.01. The summed E-state index contributed by atoms with van der Waals surface area (Å²) < 4.78 is 2.81. The van der Waals surface area contributed by atoms with Crippen molar-refractivity contribution in [3.8, 4) is 17.1 Å². The van der Waals surface area contributed by atoms with Crippen molar-refractivity contribution in [1.82, 2.24) is 19.7 Å². The maximum absolute atomic E-state index is 12.5. The van der Waals surface area contributed by atoms with Crippen LogP contribution in [-0.2, 0) is 4.79 Å². The fourth-order valence-electron chi connectivity index (χ4n) is 2.96. The molecule has 0 bridgehead atoms. The summed E-state index contributed by atoms with van der Waals surface area (Å²) in [5, 5.41) is 12.3. The summed E-state index contributed by atoms with van der Waals surface area (Å²) in [6, 6.07) is 19.3. The van der Waals surface area contributed by atoms with E-state index in [1.54, 1.807) is 12.4 Å². The largest absolute Gasteiger partial charge is 0.324 e. The smallest absolute Gasteiger partial charge is 0.234 e. The van der Waals surface area contributed by atoms with Crippen LogP contribution in [0.1, 0.15) is 5.56 Å². The van der Waals surface area contributed by atoms with Crippen molar-refractivity contribution >= 4 is 39.3 Å². The number of hydrogen-bond acceptors (Lipinski definition) is 5. The number of thioether (sulfide) groups is 1. The summed E-state index contributed by atoms with van der Waals surface area (Å²) >= 11 is 4.79. The normalized spacial score (nSPS) is 10.7. The van der Waals surface area contributed by atoms with Crippen molar-refractivity contribution in [3.63, 3.8) is 0 Å². The van der Waals surface area contributed by atoms with Gasteiger partial charge in [0.2, 0.25) is 5.91 Å². The molecule has 30 heavy (non-hydrogen) atoms. The van der Waals surface area contributed by atoms with Crippen LogP contribution >= 0.6 is 27.7 Å². The Morgan fingerprint density at radius 1 is 1.07 bits per heavy atom. The lowest BCUT2D eigenvalue weighted by Crippen LogP contribution is -2.15. The van der Waals surface area contributed by atoms with Crippen molar-refractivity contribution < 1.29 is 4.79 Å². The number of aromatic nitrogens is 4. The Morgan fingerprint density at radius 3 is 2.63 bits per heavy atom. The van der Waals surface area contributed by atoms with Crippen LogP contribution in [0.5, 0.6) is 0 Å². The molecule has 0 aliphatic rings. The Hall–Kier alpha value is -2.97. The molecule has 4 aromatic rings. The lowest BCUT2D eigenvalue weighted by Gasteiger charge is -2.13. The van der Waals surface area contributed by atoms with Crippen molar-refractivity contribution in [2.75, 3.05) is 11.1 Å². The molecule has 0 spiro atoms. The standard InChI is InChI=1S/C22H18BrN5OS/c1-15-7-2-5-11-19(15)28-21(16-8-6-12-24-13-16)26-27-22(28)30-14-20(29)25-18-10-4-3-9-17(18)23/h2-13H,14H2,1H3,(H,25,29).